The van der Waals surface area contributed by atoms with Crippen molar-refractivity contribution in [3.05, 3.63) is 29.3 Å². The Morgan fingerprint density at radius 3 is 2.60 bits per heavy atom. The van der Waals surface area contributed by atoms with Crippen molar-refractivity contribution in [3.63, 3.8) is 0 Å². The number of thiol groups is 1. The fourth-order valence-electron chi connectivity index (χ4n) is 3.03. The van der Waals surface area contributed by atoms with Crippen molar-refractivity contribution in [2.45, 2.75) is 52.5 Å². The fourth-order valence-corrected chi connectivity index (χ4v) is 3.39. The second-order valence-electron chi connectivity index (χ2n) is 7.06. The average Bonchev–Trinajstić information content (AvgIpc) is 2.53. The Kier molecular flexibility index (Phi) is 9.98. The van der Waals surface area contributed by atoms with Gasteiger partial charge in [-0.3, -0.25) is 9.69 Å². The third-order valence-corrected chi connectivity index (χ3v) is 4.85. The molecule has 0 saturated heterocycles. The molecule has 0 heterocycles. The molecule has 1 unspecified atom stereocenters. The van der Waals surface area contributed by atoms with Crippen LogP contribution in [0.3, 0.4) is 0 Å². The number of rotatable bonds is 12. The molecule has 0 aliphatic rings. The second-order valence-corrected chi connectivity index (χ2v) is 7.42. The van der Waals surface area contributed by atoms with Gasteiger partial charge in [0.2, 0.25) is 0 Å². The van der Waals surface area contributed by atoms with Crippen molar-refractivity contribution in [2.75, 3.05) is 26.0 Å². The summed E-state index contributed by atoms with van der Waals surface area (Å²) in [5, 5.41) is 8.96. The molecule has 5 heteroatoms. The van der Waals surface area contributed by atoms with Crippen LogP contribution in [0.15, 0.2) is 18.2 Å². The van der Waals surface area contributed by atoms with Gasteiger partial charge in [-0.1, -0.05) is 33.3 Å². The molecule has 4 nitrogen and oxygen atoms in total. The Hall–Kier alpha value is -1.20. The molecule has 0 aromatic heterocycles. The van der Waals surface area contributed by atoms with Crippen LogP contribution >= 0.6 is 12.6 Å². The molecule has 0 bridgehead atoms. The normalized spacial score (nSPS) is 12.6. The maximum absolute atomic E-state index is 10.9. The van der Waals surface area contributed by atoms with Crippen LogP contribution in [0.25, 0.3) is 0 Å². The van der Waals surface area contributed by atoms with E-state index in [2.05, 4.69) is 45.5 Å². The average molecular weight is 368 g/mol. The van der Waals surface area contributed by atoms with E-state index in [0.717, 1.165) is 23.5 Å². The molecule has 0 spiro atoms. The number of hydrogen-bond acceptors (Lipinski definition) is 4. The Bertz CT molecular complexity index is 534. The zero-order chi connectivity index (χ0) is 18.8. The smallest absolute Gasteiger partial charge is 0.317 e. The van der Waals surface area contributed by atoms with Crippen LogP contribution in [0.4, 0.5) is 0 Å². The van der Waals surface area contributed by atoms with Crippen LogP contribution in [0.1, 0.15) is 57.1 Å². The van der Waals surface area contributed by atoms with Gasteiger partial charge in [0.25, 0.3) is 0 Å². The molecule has 0 radical (unpaired) electrons. The van der Waals surface area contributed by atoms with Crippen molar-refractivity contribution in [2.24, 2.45) is 5.92 Å². The first-order valence-electron chi connectivity index (χ1n) is 9.14. The molecule has 1 aromatic rings. The summed E-state index contributed by atoms with van der Waals surface area (Å²) in [6.45, 7) is 7.82. The van der Waals surface area contributed by atoms with Gasteiger partial charge in [-0.05, 0) is 60.7 Å². The Morgan fingerprint density at radius 2 is 2.04 bits per heavy atom. The predicted octanol–water partition coefficient (Wildman–Crippen LogP) is 4.44. The summed E-state index contributed by atoms with van der Waals surface area (Å²) < 4.78 is 5.95. The summed E-state index contributed by atoms with van der Waals surface area (Å²) in [4.78, 5) is 12.7. The third kappa shape index (κ3) is 8.15. The van der Waals surface area contributed by atoms with E-state index < -0.39 is 5.97 Å². The largest absolute Gasteiger partial charge is 0.494 e. The minimum absolute atomic E-state index is 0.0310. The Labute approximate surface area is 158 Å². The summed E-state index contributed by atoms with van der Waals surface area (Å²) in [5.74, 6) is 1.94. The quantitative estimate of drug-likeness (QED) is 0.536. The zero-order valence-electron chi connectivity index (χ0n) is 16.0. The molecule has 25 heavy (non-hydrogen) atoms. The highest BCUT2D eigenvalue weighted by atomic mass is 32.1. The second kappa shape index (κ2) is 11.4. The fraction of sp³-hybridized carbons (Fsp3) is 0.650. The van der Waals surface area contributed by atoms with E-state index in [1.165, 1.54) is 18.4 Å². The predicted molar refractivity (Wildman–Crippen MR) is 107 cm³/mol. The molecular weight excluding hydrogens is 334 g/mol. The Morgan fingerprint density at radius 1 is 1.32 bits per heavy atom. The SMILES string of the molecule is CCCC(CS)CCOc1ccc(C(C)C)c(CN(C)CC(=O)O)c1. The van der Waals surface area contributed by atoms with Gasteiger partial charge in [0.1, 0.15) is 5.75 Å². The van der Waals surface area contributed by atoms with Crippen LogP contribution in [0, 0.1) is 5.92 Å². The Balaban J connectivity index is 2.75. The lowest BCUT2D eigenvalue weighted by atomic mass is 9.96. The molecule has 1 rings (SSSR count). The number of likely N-dealkylation sites (N-methyl/N-ethyl adjacent to an activating group) is 1. The van der Waals surface area contributed by atoms with Gasteiger partial charge in [-0.2, -0.15) is 12.6 Å². The van der Waals surface area contributed by atoms with Crippen molar-refractivity contribution in [1.29, 1.82) is 0 Å². The van der Waals surface area contributed by atoms with E-state index in [0.29, 0.717) is 25.0 Å². The van der Waals surface area contributed by atoms with Gasteiger partial charge in [0.05, 0.1) is 13.2 Å². The van der Waals surface area contributed by atoms with E-state index >= 15 is 0 Å². The highest BCUT2D eigenvalue weighted by molar-refractivity contribution is 7.80. The van der Waals surface area contributed by atoms with Gasteiger partial charge in [0, 0.05) is 6.54 Å². The van der Waals surface area contributed by atoms with E-state index in [4.69, 9.17) is 9.84 Å². The standard InChI is InChI=1S/C20H33NO3S/c1-5-6-16(14-25)9-10-24-18-7-8-19(15(2)3)17(11-18)12-21(4)13-20(22)23/h7-8,11,15-16,25H,5-6,9-10,12-14H2,1-4H3,(H,22,23). The van der Waals surface area contributed by atoms with Gasteiger partial charge in [0.15, 0.2) is 0 Å². The zero-order valence-corrected chi connectivity index (χ0v) is 16.9. The number of carboxylic acid groups (broad SMARTS) is 1. The molecule has 0 fully saturated rings. The lowest BCUT2D eigenvalue weighted by Crippen LogP contribution is -2.25. The molecule has 0 aliphatic heterocycles. The molecule has 1 atom stereocenters. The van der Waals surface area contributed by atoms with Gasteiger partial charge >= 0.3 is 5.97 Å². The van der Waals surface area contributed by atoms with Gasteiger partial charge in [-0.15, -0.1) is 0 Å². The maximum Gasteiger partial charge on any atom is 0.317 e. The van der Waals surface area contributed by atoms with Crippen LogP contribution in [-0.2, 0) is 11.3 Å². The number of benzene rings is 1. The van der Waals surface area contributed by atoms with Crippen LogP contribution in [0.5, 0.6) is 5.75 Å². The van der Waals surface area contributed by atoms with Gasteiger partial charge < -0.3 is 9.84 Å². The minimum Gasteiger partial charge on any atom is -0.494 e. The molecule has 142 valence electrons. The van der Waals surface area contributed by atoms with Crippen LogP contribution in [-0.4, -0.2) is 41.9 Å². The van der Waals surface area contributed by atoms with Crippen LogP contribution in [0.2, 0.25) is 0 Å². The summed E-state index contributed by atoms with van der Waals surface area (Å²) in [6, 6.07) is 6.18. The van der Waals surface area contributed by atoms with E-state index in [1.807, 2.05) is 18.0 Å². The number of hydrogen-bond donors (Lipinski definition) is 2. The van der Waals surface area contributed by atoms with Gasteiger partial charge in [-0.25, -0.2) is 0 Å². The lowest BCUT2D eigenvalue weighted by molar-refractivity contribution is -0.138. The van der Waals surface area contributed by atoms with E-state index in [1.54, 1.807) is 0 Å². The summed E-state index contributed by atoms with van der Waals surface area (Å²) >= 11 is 4.42. The van der Waals surface area contributed by atoms with E-state index in [-0.39, 0.29) is 6.54 Å². The van der Waals surface area contributed by atoms with Crippen LogP contribution < -0.4 is 4.74 Å². The summed E-state index contributed by atoms with van der Waals surface area (Å²) in [7, 11) is 1.83. The highest BCUT2D eigenvalue weighted by Gasteiger charge is 2.13. The number of carbonyl (C=O) groups is 1. The minimum atomic E-state index is -0.810. The third-order valence-electron chi connectivity index (χ3n) is 4.33. The summed E-state index contributed by atoms with van der Waals surface area (Å²) in [5.41, 5.74) is 2.37. The van der Waals surface area contributed by atoms with Crippen molar-refractivity contribution in [3.8, 4) is 5.75 Å². The number of nitrogens with zero attached hydrogens (tertiary/aromatic N) is 1. The maximum atomic E-state index is 10.9. The first kappa shape index (κ1) is 21.8. The first-order valence-corrected chi connectivity index (χ1v) is 9.77. The van der Waals surface area contributed by atoms with Crippen molar-refractivity contribution < 1.29 is 14.6 Å². The molecule has 0 amide bonds. The number of aliphatic carboxylic acids is 1. The monoisotopic (exact) mass is 367 g/mol. The lowest BCUT2D eigenvalue weighted by Gasteiger charge is -2.20. The van der Waals surface area contributed by atoms with Crippen molar-refractivity contribution >= 4 is 18.6 Å². The number of ether oxygens (including phenoxy) is 1. The highest BCUT2D eigenvalue weighted by Crippen LogP contribution is 2.26. The van der Waals surface area contributed by atoms with E-state index in [9.17, 15) is 4.79 Å². The molecule has 1 N–H and O–H groups in total. The summed E-state index contributed by atoms with van der Waals surface area (Å²) in [6.07, 6.45) is 3.37. The first-order chi connectivity index (χ1) is 11.9. The van der Waals surface area contributed by atoms with Crippen molar-refractivity contribution in [1.82, 2.24) is 4.90 Å². The number of carboxylic acids is 1. The molecular formula is C20H33NO3S. The topological polar surface area (TPSA) is 49.8 Å². The molecule has 1 aromatic carbocycles. The molecule has 0 saturated carbocycles. The molecule has 0 aliphatic carbocycles.